The van der Waals surface area contributed by atoms with Crippen molar-refractivity contribution >= 4 is 0 Å². The minimum absolute atomic E-state index is 0.671. The molecule has 102 valence electrons. The van der Waals surface area contributed by atoms with Crippen molar-refractivity contribution in [1.82, 2.24) is 20.1 Å². The third-order valence-corrected chi connectivity index (χ3v) is 2.87. The lowest BCUT2D eigenvalue weighted by molar-refractivity contribution is 0.354. The predicted octanol–water partition coefficient (Wildman–Crippen LogP) is 1.12. The molecule has 2 aromatic rings. The Morgan fingerprint density at radius 2 is 1.95 bits per heavy atom. The molecule has 0 unspecified atom stereocenters. The van der Waals surface area contributed by atoms with E-state index in [1.165, 1.54) is 0 Å². The predicted molar refractivity (Wildman–Crippen MR) is 71.1 cm³/mol. The van der Waals surface area contributed by atoms with Gasteiger partial charge in [-0.3, -0.25) is 4.68 Å². The van der Waals surface area contributed by atoms with Gasteiger partial charge in [-0.2, -0.15) is 5.10 Å². The number of rotatable bonds is 6. The van der Waals surface area contributed by atoms with E-state index in [1.54, 1.807) is 25.2 Å². The van der Waals surface area contributed by atoms with Gasteiger partial charge < -0.3 is 14.8 Å². The van der Waals surface area contributed by atoms with E-state index in [0.29, 0.717) is 6.54 Å². The molecule has 19 heavy (non-hydrogen) atoms. The molecule has 0 bridgehead atoms. The van der Waals surface area contributed by atoms with E-state index < -0.39 is 0 Å². The number of nitrogens with zero attached hydrogens (tertiary/aromatic N) is 3. The quantitative estimate of drug-likeness (QED) is 0.845. The lowest BCUT2D eigenvalue weighted by Crippen LogP contribution is -2.16. The highest BCUT2D eigenvalue weighted by atomic mass is 16.5. The Balaban J connectivity index is 1.94. The third-order valence-electron chi connectivity index (χ3n) is 2.87. The molecular formula is C13H18N4O2. The fraction of sp³-hybridized carbons (Fsp3) is 0.385. The van der Waals surface area contributed by atoms with Crippen LogP contribution in [0.15, 0.2) is 24.5 Å². The fourth-order valence-electron chi connectivity index (χ4n) is 1.79. The Labute approximate surface area is 112 Å². The molecule has 0 spiro atoms. The Morgan fingerprint density at radius 3 is 2.58 bits per heavy atom. The molecule has 2 rings (SSSR count). The van der Waals surface area contributed by atoms with Gasteiger partial charge in [0.15, 0.2) is 11.5 Å². The SMILES string of the molecule is COc1ccc(CNCc2ncnn2C)cc1OC. The second-order valence-corrected chi connectivity index (χ2v) is 4.09. The third kappa shape index (κ3) is 3.23. The first kappa shape index (κ1) is 13.4. The first-order valence-electron chi connectivity index (χ1n) is 5.99. The van der Waals surface area contributed by atoms with Crippen molar-refractivity contribution in [3.05, 3.63) is 35.9 Å². The summed E-state index contributed by atoms with van der Waals surface area (Å²) in [5, 5.41) is 7.34. The number of aryl methyl sites for hydroxylation is 1. The zero-order valence-corrected chi connectivity index (χ0v) is 11.4. The van der Waals surface area contributed by atoms with E-state index in [9.17, 15) is 0 Å². The zero-order chi connectivity index (χ0) is 13.7. The molecule has 1 N–H and O–H groups in total. The highest BCUT2D eigenvalue weighted by molar-refractivity contribution is 5.42. The number of benzene rings is 1. The number of nitrogens with one attached hydrogen (secondary N) is 1. The van der Waals surface area contributed by atoms with Crippen molar-refractivity contribution in [3.8, 4) is 11.5 Å². The van der Waals surface area contributed by atoms with Crippen LogP contribution in [-0.2, 0) is 20.1 Å². The molecule has 1 heterocycles. The second-order valence-electron chi connectivity index (χ2n) is 4.09. The minimum Gasteiger partial charge on any atom is -0.493 e. The summed E-state index contributed by atoms with van der Waals surface area (Å²) in [5.41, 5.74) is 1.12. The molecule has 0 saturated heterocycles. The summed E-state index contributed by atoms with van der Waals surface area (Å²) in [6, 6.07) is 5.87. The van der Waals surface area contributed by atoms with Crippen LogP contribution in [0, 0.1) is 0 Å². The molecule has 6 heteroatoms. The average Bonchev–Trinajstić information content (AvgIpc) is 2.84. The molecule has 0 atom stereocenters. The maximum Gasteiger partial charge on any atom is 0.161 e. The highest BCUT2D eigenvalue weighted by Gasteiger charge is 2.05. The maximum atomic E-state index is 5.27. The van der Waals surface area contributed by atoms with Crippen LogP contribution in [0.2, 0.25) is 0 Å². The summed E-state index contributed by atoms with van der Waals surface area (Å²) in [4.78, 5) is 4.15. The summed E-state index contributed by atoms with van der Waals surface area (Å²) in [6.45, 7) is 1.40. The second kappa shape index (κ2) is 6.19. The van der Waals surface area contributed by atoms with Gasteiger partial charge >= 0.3 is 0 Å². The normalized spacial score (nSPS) is 10.5. The molecule has 0 fully saturated rings. The van der Waals surface area contributed by atoms with Gasteiger partial charge in [0.1, 0.15) is 12.2 Å². The van der Waals surface area contributed by atoms with Gasteiger partial charge in [0.05, 0.1) is 20.8 Å². The van der Waals surface area contributed by atoms with Crippen molar-refractivity contribution in [3.63, 3.8) is 0 Å². The topological polar surface area (TPSA) is 61.2 Å². The van der Waals surface area contributed by atoms with Crippen LogP contribution in [0.3, 0.4) is 0 Å². The maximum absolute atomic E-state index is 5.27. The molecule has 0 amide bonds. The van der Waals surface area contributed by atoms with Crippen LogP contribution in [0.25, 0.3) is 0 Å². The van der Waals surface area contributed by atoms with Crippen molar-refractivity contribution in [2.75, 3.05) is 14.2 Å². The standard InChI is InChI=1S/C13H18N4O2/c1-17-13(15-9-16-17)8-14-7-10-4-5-11(18-2)12(6-10)19-3/h4-6,9,14H,7-8H2,1-3H3. The Kier molecular flexibility index (Phi) is 4.35. The van der Waals surface area contributed by atoms with Crippen LogP contribution < -0.4 is 14.8 Å². The minimum atomic E-state index is 0.671. The van der Waals surface area contributed by atoms with Crippen molar-refractivity contribution in [2.24, 2.45) is 7.05 Å². The van der Waals surface area contributed by atoms with Crippen LogP contribution in [0.4, 0.5) is 0 Å². The number of hydrogen-bond acceptors (Lipinski definition) is 5. The summed E-state index contributed by atoms with van der Waals surface area (Å²) >= 11 is 0. The summed E-state index contributed by atoms with van der Waals surface area (Å²) in [5.74, 6) is 2.38. The van der Waals surface area contributed by atoms with E-state index in [1.807, 2.05) is 25.2 Å². The highest BCUT2D eigenvalue weighted by Crippen LogP contribution is 2.27. The van der Waals surface area contributed by atoms with Crippen LogP contribution in [0.5, 0.6) is 11.5 Å². The molecule has 0 saturated carbocycles. The Morgan fingerprint density at radius 1 is 1.16 bits per heavy atom. The Hall–Kier alpha value is -2.08. The van der Waals surface area contributed by atoms with Gasteiger partial charge in [-0.05, 0) is 17.7 Å². The summed E-state index contributed by atoms with van der Waals surface area (Å²) < 4.78 is 12.2. The lowest BCUT2D eigenvalue weighted by atomic mass is 10.2. The molecule has 0 aliphatic heterocycles. The van der Waals surface area contributed by atoms with Gasteiger partial charge in [0.2, 0.25) is 0 Å². The average molecular weight is 262 g/mol. The van der Waals surface area contributed by atoms with E-state index in [0.717, 1.165) is 29.4 Å². The number of aromatic nitrogens is 3. The van der Waals surface area contributed by atoms with Gasteiger partial charge in [-0.1, -0.05) is 6.07 Å². The van der Waals surface area contributed by atoms with Crippen molar-refractivity contribution in [1.29, 1.82) is 0 Å². The largest absolute Gasteiger partial charge is 0.493 e. The molecule has 6 nitrogen and oxygen atoms in total. The number of ether oxygens (including phenoxy) is 2. The molecule has 1 aromatic carbocycles. The summed E-state index contributed by atoms with van der Waals surface area (Å²) in [6.07, 6.45) is 1.55. The van der Waals surface area contributed by atoms with Gasteiger partial charge in [0.25, 0.3) is 0 Å². The molecule has 0 radical (unpaired) electrons. The van der Waals surface area contributed by atoms with Gasteiger partial charge in [0, 0.05) is 13.6 Å². The van der Waals surface area contributed by atoms with Crippen molar-refractivity contribution in [2.45, 2.75) is 13.1 Å². The van der Waals surface area contributed by atoms with E-state index in [4.69, 9.17) is 9.47 Å². The monoisotopic (exact) mass is 262 g/mol. The van der Waals surface area contributed by atoms with Crippen LogP contribution in [0.1, 0.15) is 11.4 Å². The Bertz CT molecular complexity index is 539. The van der Waals surface area contributed by atoms with Crippen LogP contribution >= 0.6 is 0 Å². The number of methoxy groups -OCH3 is 2. The molecule has 0 aliphatic rings. The number of hydrogen-bond donors (Lipinski definition) is 1. The van der Waals surface area contributed by atoms with Gasteiger partial charge in [-0.25, -0.2) is 4.98 Å². The van der Waals surface area contributed by atoms with E-state index >= 15 is 0 Å². The smallest absolute Gasteiger partial charge is 0.161 e. The molecule has 0 aliphatic carbocycles. The lowest BCUT2D eigenvalue weighted by Gasteiger charge is -2.10. The zero-order valence-electron chi connectivity index (χ0n) is 11.4. The van der Waals surface area contributed by atoms with Gasteiger partial charge in [-0.15, -0.1) is 0 Å². The molecule has 1 aromatic heterocycles. The fourth-order valence-corrected chi connectivity index (χ4v) is 1.79. The first-order chi connectivity index (χ1) is 9.24. The van der Waals surface area contributed by atoms with E-state index in [2.05, 4.69) is 15.4 Å². The van der Waals surface area contributed by atoms with Crippen molar-refractivity contribution < 1.29 is 9.47 Å². The molecular weight excluding hydrogens is 244 g/mol. The van der Waals surface area contributed by atoms with E-state index in [-0.39, 0.29) is 0 Å². The van der Waals surface area contributed by atoms with Crippen LogP contribution in [-0.4, -0.2) is 29.0 Å². The first-order valence-corrected chi connectivity index (χ1v) is 5.99. The summed E-state index contributed by atoms with van der Waals surface area (Å²) in [7, 11) is 5.14.